The lowest BCUT2D eigenvalue weighted by molar-refractivity contribution is 0.274. The molecule has 0 unspecified atom stereocenters. The Bertz CT molecular complexity index is 237. The number of tetrazole rings is 1. The highest BCUT2D eigenvalue weighted by Gasteiger charge is 2.19. The van der Waals surface area contributed by atoms with Gasteiger partial charge in [-0.1, -0.05) is 5.10 Å². The van der Waals surface area contributed by atoms with Crippen LogP contribution in [0.4, 0.5) is 0 Å². The number of aromatic nitrogens is 4. The average molecular weight is 156 g/mol. The van der Waals surface area contributed by atoms with Crippen molar-refractivity contribution in [3.63, 3.8) is 0 Å². The van der Waals surface area contributed by atoms with Gasteiger partial charge in [-0.2, -0.15) is 4.68 Å². The first-order valence-electron chi connectivity index (χ1n) is 3.38. The average Bonchev–Trinajstić information content (AvgIpc) is 2.31. The molecule has 0 saturated heterocycles. The van der Waals surface area contributed by atoms with Crippen molar-refractivity contribution in [2.45, 2.75) is 26.3 Å². The van der Waals surface area contributed by atoms with Crippen LogP contribution in [-0.2, 0) is 5.54 Å². The SMILES string of the molecule is COc1nnnn1C(C)(C)C. The topological polar surface area (TPSA) is 52.8 Å². The molecule has 1 heterocycles. The predicted molar refractivity (Wildman–Crippen MR) is 39.4 cm³/mol. The summed E-state index contributed by atoms with van der Waals surface area (Å²) >= 11 is 0. The van der Waals surface area contributed by atoms with Crippen LogP contribution in [0.15, 0.2) is 0 Å². The molecule has 1 aromatic rings. The van der Waals surface area contributed by atoms with Gasteiger partial charge in [-0.05, 0) is 31.2 Å². The minimum absolute atomic E-state index is 0.130. The van der Waals surface area contributed by atoms with E-state index < -0.39 is 0 Å². The van der Waals surface area contributed by atoms with E-state index in [9.17, 15) is 0 Å². The van der Waals surface area contributed by atoms with E-state index in [0.29, 0.717) is 6.01 Å². The zero-order chi connectivity index (χ0) is 8.48. The summed E-state index contributed by atoms with van der Waals surface area (Å²) in [4.78, 5) is 0. The molecule has 11 heavy (non-hydrogen) atoms. The highest BCUT2D eigenvalue weighted by atomic mass is 16.5. The van der Waals surface area contributed by atoms with Crippen molar-refractivity contribution in [3.8, 4) is 6.01 Å². The Morgan fingerprint density at radius 3 is 2.36 bits per heavy atom. The molecule has 0 aromatic carbocycles. The second kappa shape index (κ2) is 2.48. The van der Waals surface area contributed by atoms with Crippen LogP contribution in [0.3, 0.4) is 0 Å². The minimum Gasteiger partial charge on any atom is -0.466 e. The molecular formula is C6H12N4O. The summed E-state index contributed by atoms with van der Waals surface area (Å²) in [6.45, 7) is 6.02. The van der Waals surface area contributed by atoms with Crippen LogP contribution in [0.5, 0.6) is 6.01 Å². The maximum Gasteiger partial charge on any atom is 0.335 e. The second-order valence-corrected chi connectivity index (χ2v) is 3.25. The normalized spacial score (nSPS) is 11.6. The van der Waals surface area contributed by atoms with E-state index in [1.54, 1.807) is 11.8 Å². The predicted octanol–water partition coefficient (Wildman–Crippen LogP) is 0.437. The number of hydrogen-bond donors (Lipinski definition) is 0. The van der Waals surface area contributed by atoms with Crippen molar-refractivity contribution in [1.29, 1.82) is 0 Å². The fourth-order valence-corrected chi connectivity index (χ4v) is 0.727. The summed E-state index contributed by atoms with van der Waals surface area (Å²) in [6, 6.07) is 0.442. The van der Waals surface area contributed by atoms with Crippen molar-refractivity contribution < 1.29 is 4.74 Å². The number of nitrogens with zero attached hydrogens (tertiary/aromatic N) is 4. The molecule has 1 rings (SSSR count). The standard InChI is InChI=1S/C6H12N4O/c1-6(2,3)10-5(11-4)7-8-9-10/h1-4H3. The summed E-state index contributed by atoms with van der Waals surface area (Å²) < 4.78 is 6.57. The van der Waals surface area contributed by atoms with Gasteiger partial charge < -0.3 is 4.74 Å². The van der Waals surface area contributed by atoms with E-state index in [2.05, 4.69) is 15.5 Å². The zero-order valence-corrected chi connectivity index (χ0v) is 7.20. The van der Waals surface area contributed by atoms with Crippen molar-refractivity contribution >= 4 is 0 Å². The maximum atomic E-state index is 4.94. The smallest absolute Gasteiger partial charge is 0.335 e. The van der Waals surface area contributed by atoms with Gasteiger partial charge in [-0.25, -0.2) is 0 Å². The van der Waals surface area contributed by atoms with Gasteiger partial charge in [0, 0.05) is 0 Å². The molecule has 0 radical (unpaired) electrons. The Morgan fingerprint density at radius 1 is 1.36 bits per heavy atom. The monoisotopic (exact) mass is 156 g/mol. The van der Waals surface area contributed by atoms with Gasteiger partial charge in [0.2, 0.25) is 0 Å². The Hall–Kier alpha value is -1.13. The first kappa shape index (κ1) is 7.97. The van der Waals surface area contributed by atoms with Crippen LogP contribution in [0.2, 0.25) is 0 Å². The van der Waals surface area contributed by atoms with Crippen LogP contribution in [0.1, 0.15) is 20.8 Å². The fourth-order valence-electron chi connectivity index (χ4n) is 0.727. The summed E-state index contributed by atoms with van der Waals surface area (Å²) in [6.07, 6.45) is 0. The molecule has 0 aliphatic rings. The number of methoxy groups -OCH3 is 1. The molecular weight excluding hydrogens is 144 g/mol. The number of rotatable bonds is 1. The third-order valence-electron chi connectivity index (χ3n) is 1.26. The lowest BCUT2D eigenvalue weighted by Crippen LogP contribution is -2.23. The van der Waals surface area contributed by atoms with Crippen LogP contribution in [0, 0.1) is 0 Å². The van der Waals surface area contributed by atoms with E-state index in [-0.39, 0.29) is 5.54 Å². The van der Waals surface area contributed by atoms with E-state index in [0.717, 1.165) is 0 Å². The van der Waals surface area contributed by atoms with Crippen molar-refractivity contribution in [2.24, 2.45) is 0 Å². The Kier molecular flexibility index (Phi) is 1.80. The Labute approximate surface area is 65.4 Å². The van der Waals surface area contributed by atoms with Crippen LogP contribution >= 0.6 is 0 Å². The van der Waals surface area contributed by atoms with Crippen molar-refractivity contribution in [1.82, 2.24) is 20.2 Å². The molecule has 1 aromatic heterocycles. The zero-order valence-electron chi connectivity index (χ0n) is 7.20. The molecule has 0 N–H and O–H groups in total. The van der Waals surface area contributed by atoms with E-state index >= 15 is 0 Å². The van der Waals surface area contributed by atoms with Gasteiger partial charge in [0.05, 0.1) is 12.6 Å². The minimum atomic E-state index is -0.130. The quantitative estimate of drug-likeness (QED) is 0.592. The van der Waals surface area contributed by atoms with Gasteiger partial charge in [-0.3, -0.25) is 0 Å². The Balaban J connectivity index is 3.02. The molecule has 0 amide bonds. The first-order valence-corrected chi connectivity index (χ1v) is 3.38. The van der Waals surface area contributed by atoms with E-state index in [1.165, 1.54) is 0 Å². The lowest BCUT2D eigenvalue weighted by atomic mass is 10.1. The summed E-state index contributed by atoms with van der Waals surface area (Å²) in [5.74, 6) is 0. The largest absolute Gasteiger partial charge is 0.466 e. The highest BCUT2D eigenvalue weighted by Crippen LogP contribution is 2.16. The van der Waals surface area contributed by atoms with Gasteiger partial charge in [0.15, 0.2) is 0 Å². The van der Waals surface area contributed by atoms with Crippen LogP contribution in [0.25, 0.3) is 0 Å². The third kappa shape index (κ3) is 1.47. The summed E-state index contributed by atoms with van der Waals surface area (Å²) in [7, 11) is 1.55. The van der Waals surface area contributed by atoms with Crippen LogP contribution in [-0.4, -0.2) is 27.3 Å². The second-order valence-electron chi connectivity index (χ2n) is 3.25. The van der Waals surface area contributed by atoms with Gasteiger partial charge in [0.1, 0.15) is 0 Å². The van der Waals surface area contributed by atoms with Gasteiger partial charge in [0.25, 0.3) is 0 Å². The molecule has 0 atom stereocenters. The number of ether oxygens (including phenoxy) is 1. The van der Waals surface area contributed by atoms with Crippen LogP contribution < -0.4 is 4.74 Å². The third-order valence-corrected chi connectivity index (χ3v) is 1.26. The lowest BCUT2D eigenvalue weighted by Gasteiger charge is -2.18. The molecule has 5 heteroatoms. The molecule has 62 valence electrons. The summed E-state index contributed by atoms with van der Waals surface area (Å²) in [5.41, 5.74) is -0.130. The molecule has 0 aliphatic heterocycles. The van der Waals surface area contributed by atoms with E-state index in [1.807, 2.05) is 20.8 Å². The molecule has 0 spiro atoms. The van der Waals surface area contributed by atoms with Gasteiger partial charge >= 0.3 is 6.01 Å². The molecule has 0 aliphatic carbocycles. The van der Waals surface area contributed by atoms with E-state index in [4.69, 9.17) is 4.74 Å². The van der Waals surface area contributed by atoms with Gasteiger partial charge in [-0.15, -0.1) is 0 Å². The van der Waals surface area contributed by atoms with Crippen molar-refractivity contribution in [2.75, 3.05) is 7.11 Å². The Morgan fingerprint density at radius 2 is 2.00 bits per heavy atom. The maximum absolute atomic E-state index is 4.94. The number of hydrogen-bond acceptors (Lipinski definition) is 4. The summed E-state index contributed by atoms with van der Waals surface area (Å²) in [5, 5.41) is 11.0. The molecule has 0 fully saturated rings. The molecule has 0 saturated carbocycles. The first-order chi connectivity index (χ1) is 5.05. The van der Waals surface area contributed by atoms with Crippen molar-refractivity contribution in [3.05, 3.63) is 0 Å². The molecule has 5 nitrogen and oxygen atoms in total. The molecule has 0 bridgehead atoms. The highest BCUT2D eigenvalue weighted by molar-refractivity contribution is 4.91. The fraction of sp³-hybridized carbons (Fsp3) is 0.833.